The monoisotopic (exact) mass is 310 g/mol. The lowest BCUT2D eigenvalue weighted by Crippen LogP contribution is -2.52. The van der Waals surface area contributed by atoms with Crippen molar-refractivity contribution in [3.63, 3.8) is 0 Å². The SMILES string of the molecule is CCCC(C)NC(=O)C1[C@H](O)[C@@H](O)CN1C(=O)c1cnc[nH]1. The van der Waals surface area contributed by atoms with Crippen LogP contribution in [-0.2, 0) is 4.79 Å². The van der Waals surface area contributed by atoms with Crippen molar-refractivity contribution in [3.8, 4) is 0 Å². The molecule has 1 aromatic rings. The van der Waals surface area contributed by atoms with E-state index in [0.29, 0.717) is 0 Å². The van der Waals surface area contributed by atoms with Gasteiger partial charge in [-0.3, -0.25) is 9.59 Å². The Morgan fingerprint density at radius 3 is 2.86 bits per heavy atom. The third kappa shape index (κ3) is 3.28. The number of aliphatic hydroxyl groups is 2. The normalized spacial score (nSPS) is 26.0. The van der Waals surface area contributed by atoms with Crippen LogP contribution in [0.2, 0.25) is 0 Å². The molecule has 0 radical (unpaired) electrons. The Morgan fingerprint density at radius 1 is 1.55 bits per heavy atom. The van der Waals surface area contributed by atoms with E-state index in [0.717, 1.165) is 12.8 Å². The summed E-state index contributed by atoms with van der Waals surface area (Å²) in [5.41, 5.74) is 0.209. The molecule has 2 unspecified atom stereocenters. The van der Waals surface area contributed by atoms with Crippen molar-refractivity contribution in [1.82, 2.24) is 20.2 Å². The van der Waals surface area contributed by atoms with Gasteiger partial charge in [0.2, 0.25) is 5.91 Å². The number of likely N-dealkylation sites (tertiary alicyclic amines) is 1. The predicted octanol–water partition coefficient (Wildman–Crippen LogP) is -0.739. The van der Waals surface area contributed by atoms with Crippen molar-refractivity contribution < 1.29 is 19.8 Å². The number of H-pyrrole nitrogens is 1. The van der Waals surface area contributed by atoms with Gasteiger partial charge in [-0.2, -0.15) is 0 Å². The third-order valence-corrected chi connectivity index (χ3v) is 3.81. The number of nitrogens with zero attached hydrogens (tertiary/aromatic N) is 2. The molecule has 2 amide bonds. The Balaban J connectivity index is 2.14. The number of carbonyl (C=O) groups excluding carboxylic acids is 2. The van der Waals surface area contributed by atoms with Crippen LogP contribution in [0.15, 0.2) is 12.5 Å². The first kappa shape index (κ1) is 16.4. The van der Waals surface area contributed by atoms with E-state index < -0.39 is 30.1 Å². The van der Waals surface area contributed by atoms with Crippen molar-refractivity contribution in [2.75, 3.05) is 6.54 Å². The van der Waals surface area contributed by atoms with Crippen molar-refractivity contribution in [3.05, 3.63) is 18.2 Å². The van der Waals surface area contributed by atoms with Gasteiger partial charge in [0.1, 0.15) is 23.9 Å². The van der Waals surface area contributed by atoms with Gasteiger partial charge in [-0.1, -0.05) is 13.3 Å². The molecule has 0 spiro atoms. The molecule has 0 aliphatic carbocycles. The first-order valence-corrected chi connectivity index (χ1v) is 7.41. The highest BCUT2D eigenvalue weighted by molar-refractivity contribution is 5.96. The summed E-state index contributed by atoms with van der Waals surface area (Å²) in [5, 5.41) is 22.7. The van der Waals surface area contributed by atoms with Crippen molar-refractivity contribution in [2.45, 2.75) is 51.0 Å². The summed E-state index contributed by atoms with van der Waals surface area (Å²) in [5.74, 6) is -0.936. The molecular weight excluding hydrogens is 288 g/mol. The maximum atomic E-state index is 12.4. The Hall–Kier alpha value is -1.93. The fourth-order valence-electron chi connectivity index (χ4n) is 2.68. The number of nitrogens with one attached hydrogen (secondary N) is 2. The summed E-state index contributed by atoms with van der Waals surface area (Å²) in [6, 6.07) is -1.17. The molecule has 1 aliphatic rings. The van der Waals surface area contributed by atoms with Gasteiger partial charge in [-0.25, -0.2) is 4.98 Å². The molecule has 0 aromatic carbocycles. The molecule has 4 N–H and O–H groups in total. The molecule has 8 heteroatoms. The molecule has 1 aliphatic heterocycles. The highest BCUT2D eigenvalue weighted by atomic mass is 16.3. The summed E-state index contributed by atoms with van der Waals surface area (Å²) < 4.78 is 0. The van der Waals surface area contributed by atoms with Crippen LogP contribution in [0.5, 0.6) is 0 Å². The molecule has 1 fully saturated rings. The number of β-amino-alcohol motifs (C(OH)–C–C–N with tert-alkyl or cyclic N) is 1. The van der Waals surface area contributed by atoms with Crippen LogP contribution in [0.3, 0.4) is 0 Å². The second kappa shape index (κ2) is 6.89. The van der Waals surface area contributed by atoms with Crippen LogP contribution in [0.25, 0.3) is 0 Å². The predicted molar refractivity (Wildman–Crippen MR) is 77.9 cm³/mol. The van der Waals surface area contributed by atoms with Gasteiger partial charge in [-0.05, 0) is 13.3 Å². The summed E-state index contributed by atoms with van der Waals surface area (Å²) in [4.78, 5) is 32.4. The Kier molecular flexibility index (Phi) is 5.15. The van der Waals surface area contributed by atoms with Gasteiger partial charge < -0.3 is 25.4 Å². The molecule has 4 atom stereocenters. The van der Waals surface area contributed by atoms with Gasteiger partial charge >= 0.3 is 0 Å². The number of carbonyl (C=O) groups is 2. The smallest absolute Gasteiger partial charge is 0.272 e. The van der Waals surface area contributed by atoms with E-state index in [9.17, 15) is 19.8 Å². The number of amides is 2. The largest absolute Gasteiger partial charge is 0.388 e. The van der Waals surface area contributed by atoms with Gasteiger partial charge in [0.15, 0.2) is 0 Å². The zero-order valence-corrected chi connectivity index (χ0v) is 12.7. The van der Waals surface area contributed by atoms with Crippen molar-refractivity contribution >= 4 is 11.8 Å². The van der Waals surface area contributed by atoms with E-state index >= 15 is 0 Å². The van der Waals surface area contributed by atoms with E-state index in [1.807, 2.05) is 13.8 Å². The molecule has 122 valence electrons. The van der Waals surface area contributed by atoms with Gasteiger partial charge in [-0.15, -0.1) is 0 Å². The first-order chi connectivity index (χ1) is 10.5. The maximum Gasteiger partial charge on any atom is 0.272 e. The number of rotatable bonds is 5. The van der Waals surface area contributed by atoms with E-state index in [1.54, 1.807) is 0 Å². The summed E-state index contributed by atoms with van der Waals surface area (Å²) in [6.07, 6.45) is 1.95. The van der Waals surface area contributed by atoms with Crippen LogP contribution in [0.1, 0.15) is 37.2 Å². The number of hydrogen-bond donors (Lipinski definition) is 4. The second-order valence-electron chi connectivity index (χ2n) is 5.62. The fraction of sp³-hybridized carbons (Fsp3) is 0.643. The van der Waals surface area contributed by atoms with Crippen LogP contribution >= 0.6 is 0 Å². The highest BCUT2D eigenvalue weighted by Gasteiger charge is 2.47. The van der Waals surface area contributed by atoms with E-state index in [2.05, 4.69) is 15.3 Å². The fourth-order valence-corrected chi connectivity index (χ4v) is 2.68. The molecule has 2 heterocycles. The van der Waals surface area contributed by atoms with E-state index in [4.69, 9.17) is 0 Å². The van der Waals surface area contributed by atoms with Gasteiger partial charge in [0, 0.05) is 6.04 Å². The third-order valence-electron chi connectivity index (χ3n) is 3.81. The zero-order chi connectivity index (χ0) is 16.3. The molecule has 0 saturated carbocycles. The quantitative estimate of drug-likeness (QED) is 0.571. The van der Waals surface area contributed by atoms with E-state index in [1.165, 1.54) is 17.4 Å². The van der Waals surface area contributed by atoms with Crippen LogP contribution in [0, 0.1) is 0 Å². The molecule has 8 nitrogen and oxygen atoms in total. The minimum atomic E-state index is -1.30. The number of aromatic amines is 1. The molecule has 1 saturated heterocycles. The molecular formula is C14H22N4O4. The van der Waals surface area contributed by atoms with Gasteiger partial charge in [0.05, 0.1) is 19.1 Å². The summed E-state index contributed by atoms with van der Waals surface area (Å²) in [6.45, 7) is 3.77. The van der Waals surface area contributed by atoms with Crippen LogP contribution in [-0.4, -0.2) is 67.7 Å². The number of hydrogen-bond acceptors (Lipinski definition) is 5. The average molecular weight is 310 g/mol. The molecule has 1 aromatic heterocycles. The van der Waals surface area contributed by atoms with E-state index in [-0.39, 0.29) is 18.3 Å². The maximum absolute atomic E-state index is 12.4. The Morgan fingerprint density at radius 2 is 2.27 bits per heavy atom. The standard InChI is InChI=1S/C14H22N4O4/c1-3-4-8(2)17-13(21)11-12(20)10(19)6-18(11)14(22)9-5-15-7-16-9/h5,7-8,10-12,19-20H,3-4,6H2,1-2H3,(H,15,16)(H,17,21)/t8?,10-,11?,12+/m0/s1. The summed E-state index contributed by atoms with van der Waals surface area (Å²) in [7, 11) is 0. The second-order valence-corrected chi connectivity index (χ2v) is 5.62. The number of aliphatic hydroxyl groups excluding tert-OH is 2. The first-order valence-electron chi connectivity index (χ1n) is 7.41. The van der Waals surface area contributed by atoms with Crippen LogP contribution < -0.4 is 5.32 Å². The topological polar surface area (TPSA) is 119 Å². The van der Waals surface area contributed by atoms with Crippen molar-refractivity contribution in [2.24, 2.45) is 0 Å². The lowest BCUT2D eigenvalue weighted by molar-refractivity contribution is -0.128. The van der Waals surface area contributed by atoms with Gasteiger partial charge in [0.25, 0.3) is 5.91 Å². The lowest BCUT2D eigenvalue weighted by Gasteiger charge is -2.26. The highest BCUT2D eigenvalue weighted by Crippen LogP contribution is 2.21. The zero-order valence-electron chi connectivity index (χ0n) is 12.7. The van der Waals surface area contributed by atoms with Crippen LogP contribution in [0.4, 0.5) is 0 Å². The molecule has 22 heavy (non-hydrogen) atoms. The molecule has 2 rings (SSSR count). The average Bonchev–Trinajstić information content (AvgIpc) is 3.08. The minimum Gasteiger partial charge on any atom is -0.388 e. The number of imidazole rings is 1. The summed E-state index contributed by atoms with van der Waals surface area (Å²) >= 11 is 0. The Bertz CT molecular complexity index is 519. The lowest BCUT2D eigenvalue weighted by atomic mass is 10.1. The number of aromatic nitrogens is 2. The Labute approximate surface area is 128 Å². The molecule has 0 bridgehead atoms. The minimum absolute atomic E-state index is 0.0634. The van der Waals surface area contributed by atoms with Crippen molar-refractivity contribution in [1.29, 1.82) is 0 Å².